The number of nitrogens with one attached hydrogen (secondary N) is 1. The fraction of sp³-hybridized carbons (Fsp3) is 0.909. The molecule has 0 saturated heterocycles. The van der Waals surface area contributed by atoms with Crippen LogP contribution in [0.4, 0.5) is 0 Å². The third kappa shape index (κ3) is 3.96. The summed E-state index contributed by atoms with van der Waals surface area (Å²) in [5.41, 5.74) is 0. The van der Waals surface area contributed by atoms with Crippen molar-refractivity contribution >= 4 is 11.8 Å². The Morgan fingerprint density at radius 1 is 1.41 bits per heavy atom. The molecular formula is C11H21N5S. The Kier molecular flexibility index (Phi) is 5.25. The molecule has 0 atom stereocenters. The number of thioether (sulfide) groups is 1. The van der Waals surface area contributed by atoms with E-state index < -0.39 is 0 Å². The maximum Gasteiger partial charge on any atom is 0.209 e. The van der Waals surface area contributed by atoms with Gasteiger partial charge in [-0.2, -0.15) is 0 Å². The minimum atomic E-state index is 0.843. The zero-order chi connectivity index (χ0) is 11.9. The molecule has 1 aromatic rings. The van der Waals surface area contributed by atoms with Crippen molar-refractivity contribution in [3.63, 3.8) is 0 Å². The van der Waals surface area contributed by atoms with Crippen molar-refractivity contribution < 1.29 is 0 Å². The van der Waals surface area contributed by atoms with E-state index in [1.54, 1.807) is 11.8 Å². The Balaban J connectivity index is 1.72. The third-order valence-electron chi connectivity index (χ3n) is 3.30. The van der Waals surface area contributed by atoms with Gasteiger partial charge in [-0.15, -0.1) is 5.10 Å². The van der Waals surface area contributed by atoms with E-state index in [2.05, 4.69) is 20.8 Å². The average molecular weight is 255 g/mol. The largest absolute Gasteiger partial charge is 0.318 e. The van der Waals surface area contributed by atoms with E-state index in [0.717, 1.165) is 29.9 Å². The fourth-order valence-corrected chi connectivity index (χ4v) is 3.28. The molecule has 6 heteroatoms. The summed E-state index contributed by atoms with van der Waals surface area (Å²) in [6.45, 7) is 1.75. The molecule has 1 fully saturated rings. The van der Waals surface area contributed by atoms with E-state index in [9.17, 15) is 0 Å². The van der Waals surface area contributed by atoms with E-state index in [1.165, 1.54) is 32.1 Å². The molecule has 0 spiro atoms. The lowest BCUT2D eigenvalue weighted by Crippen LogP contribution is -2.16. The number of tetrazole rings is 1. The molecule has 1 N–H and O–H groups in total. The van der Waals surface area contributed by atoms with Crippen molar-refractivity contribution in [2.24, 2.45) is 5.92 Å². The molecule has 1 heterocycles. The summed E-state index contributed by atoms with van der Waals surface area (Å²) in [7, 11) is 1.94. The highest BCUT2D eigenvalue weighted by atomic mass is 32.2. The molecule has 5 nitrogen and oxygen atoms in total. The van der Waals surface area contributed by atoms with Crippen molar-refractivity contribution in [3.8, 4) is 0 Å². The first-order chi connectivity index (χ1) is 8.40. The van der Waals surface area contributed by atoms with Crippen LogP contribution in [-0.2, 0) is 6.54 Å². The molecule has 0 bridgehead atoms. The van der Waals surface area contributed by atoms with Crippen molar-refractivity contribution in [1.29, 1.82) is 0 Å². The molecule has 17 heavy (non-hydrogen) atoms. The maximum atomic E-state index is 4.07. The first-order valence-electron chi connectivity index (χ1n) is 6.43. The lowest BCUT2D eigenvalue weighted by molar-refractivity contribution is 0.524. The van der Waals surface area contributed by atoms with Crippen LogP contribution in [0.25, 0.3) is 0 Å². The molecule has 0 radical (unpaired) electrons. The van der Waals surface area contributed by atoms with E-state index in [4.69, 9.17) is 0 Å². The first kappa shape index (κ1) is 12.8. The van der Waals surface area contributed by atoms with Crippen molar-refractivity contribution in [3.05, 3.63) is 0 Å². The van der Waals surface area contributed by atoms with Crippen molar-refractivity contribution in [1.82, 2.24) is 25.5 Å². The second-order valence-electron chi connectivity index (χ2n) is 4.58. The summed E-state index contributed by atoms with van der Waals surface area (Å²) in [6.07, 6.45) is 7.00. The number of hydrogen-bond donors (Lipinski definition) is 1. The van der Waals surface area contributed by atoms with Crippen LogP contribution in [0.2, 0.25) is 0 Å². The summed E-state index contributed by atoms with van der Waals surface area (Å²) >= 11 is 1.79. The van der Waals surface area contributed by atoms with E-state index in [1.807, 2.05) is 11.7 Å². The summed E-state index contributed by atoms with van der Waals surface area (Å²) in [5.74, 6) is 2.09. The standard InChI is InChI=1S/C11H21N5S/c1-12-7-8-16-11(13-14-15-16)17-9-6-10-4-2-3-5-10/h10,12H,2-9H2,1H3. The molecule has 1 aromatic heterocycles. The minimum absolute atomic E-state index is 0.843. The van der Waals surface area contributed by atoms with Gasteiger partial charge in [-0.1, -0.05) is 37.4 Å². The zero-order valence-corrected chi connectivity index (χ0v) is 11.2. The Labute approximate surface area is 107 Å². The number of likely N-dealkylation sites (N-methyl/N-ethyl adjacent to an activating group) is 1. The molecule has 0 aromatic carbocycles. The van der Waals surface area contributed by atoms with E-state index >= 15 is 0 Å². The monoisotopic (exact) mass is 255 g/mol. The third-order valence-corrected chi connectivity index (χ3v) is 4.30. The molecule has 1 aliphatic rings. The Morgan fingerprint density at radius 2 is 2.24 bits per heavy atom. The van der Waals surface area contributed by atoms with Gasteiger partial charge in [-0.25, -0.2) is 4.68 Å². The topological polar surface area (TPSA) is 55.6 Å². The molecule has 0 unspecified atom stereocenters. The van der Waals surface area contributed by atoms with E-state index in [-0.39, 0.29) is 0 Å². The molecular weight excluding hydrogens is 234 g/mol. The Bertz CT molecular complexity index is 321. The molecule has 2 rings (SSSR count). The molecule has 1 aliphatic carbocycles. The van der Waals surface area contributed by atoms with Crippen LogP contribution >= 0.6 is 11.8 Å². The van der Waals surface area contributed by atoms with Crippen molar-refractivity contribution in [2.75, 3.05) is 19.3 Å². The average Bonchev–Trinajstić information content (AvgIpc) is 2.98. The number of hydrogen-bond acceptors (Lipinski definition) is 5. The van der Waals surface area contributed by atoms with Gasteiger partial charge in [0.1, 0.15) is 0 Å². The highest BCUT2D eigenvalue weighted by molar-refractivity contribution is 7.99. The number of aromatic nitrogens is 4. The Morgan fingerprint density at radius 3 is 3.00 bits per heavy atom. The summed E-state index contributed by atoms with van der Waals surface area (Å²) in [6, 6.07) is 0. The van der Waals surface area contributed by atoms with Gasteiger partial charge in [0.2, 0.25) is 5.16 Å². The van der Waals surface area contributed by atoms with Gasteiger partial charge in [0.05, 0.1) is 6.54 Å². The summed E-state index contributed by atoms with van der Waals surface area (Å²) in [4.78, 5) is 0. The number of rotatable bonds is 7. The van der Waals surface area contributed by atoms with Crippen LogP contribution in [0.3, 0.4) is 0 Å². The van der Waals surface area contributed by atoms with E-state index in [0.29, 0.717) is 0 Å². The van der Waals surface area contributed by atoms with Crippen molar-refractivity contribution in [2.45, 2.75) is 43.8 Å². The van der Waals surface area contributed by atoms with Gasteiger partial charge >= 0.3 is 0 Å². The molecule has 0 amide bonds. The second kappa shape index (κ2) is 6.96. The maximum absolute atomic E-state index is 4.07. The molecule has 96 valence electrons. The van der Waals surface area contributed by atoms with Crippen LogP contribution in [0.5, 0.6) is 0 Å². The summed E-state index contributed by atoms with van der Waals surface area (Å²) in [5, 5.41) is 15.9. The highest BCUT2D eigenvalue weighted by Crippen LogP contribution is 2.29. The van der Waals surface area contributed by atoms with Crippen LogP contribution in [0, 0.1) is 5.92 Å². The predicted octanol–water partition coefficient (Wildman–Crippen LogP) is 1.56. The minimum Gasteiger partial charge on any atom is -0.318 e. The van der Waals surface area contributed by atoms with Crippen LogP contribution < -0.4 is 5.32 Å². The predicted molar refractivity (Wildman–Crippen MR) is 69.0 cm³/mol. The van der Waals surface area contributed by atoms with Gasteiger partial charge in [-0.3, -0.25) is 0 Å². The van der Waals surface area contributed by atoms with Crippen LogP contribution in [0.15, 0.2) is 5.16 Å². The molecule has 0 aliphatic heterocycles. The summed E-state index contributed by atoms with van der Waals surface area (Å²) < 4.78 is 1.88. The molecule has 1 saturated carbocycles. The van der Waals surface area contributed by atoms with Crippen LogP contribution in [0.1, 0.15) is 32.1 Å². The smallest absolute Gasteiger partial charge is 0.209 e. The first-order valence-corrected chi connectivity index (χ1v) is 7.42. The zero-order valence-electron chi connectivity index (χ0n) is 10.4. The van der Waals surface area contributed by atoms with Gasteiger partial charge in [0.25, 0.3) is 0 Å². The Hall–Kier alpha value is -0.620. The van der Waals surface area contributed by atoms with Gasteiger partial charge in [0.15, 0.2) is 0 Å². The van der Waals surface area contributed by atoms with Crippen LogP contribution in [-0.4, -0.2) is 39.6 Å². The normalized spacial score (nSPS) is 16.8. The van der Waals surface area contributed by atoms with Gasteiger partial charge in [0, 0.05) is 12.3 Å². The SMILES string of the molecule is CNCCn1nnnc1SCCC1CCCC1. The highest BCUT2D eigenvalue weighted by Gasteiger charge is 2.15. The fourth-order valence-electron chi connectivity index (χ4n) is 2.27. The van der Waals surface area contributed by atoms with Gasteiger partial charge in [-0.05, 0) is 29.8 Å². The number of nitrogens with zero attached hydrogens (tertiary/aromatic N) is 4. The lowest BCUT2D eigenvalue weighted by atomic mass is 10.1. The van der Waals surface area contributed by atoms with Gasteiger partial charge < -0.3 is 5.32 Å². The lowest BCUT2D eigenvalue weighted by Gasteiger charge is -2.07. The quantitative estimate of drug-likeness (QED) is 0.749. The second-order valence-corrected chi connectivity index (χ2v) is 5.64.